The summed E-state index contributed by atoms with van der Waals surface area (Å²) in [7, 11) is 0. The third-order valence-electron chi connectivity index (χ3n) is 7.64. The van der Waals surface area contributed by atoms with Gasteiger partial charge in [-0.25, -0.2) is 0 Å². The van der Waals surface area contributed by atoms with E-state index in [4.69, 9.17) is 0 Å². The summed E-state index contributed by atoms with van der Waals surface area (Å²) >= 11 is 1.64. The Bertz CT molecular complexity index is 1880. The first-order valence-corrected chi connectivity index (χ1v) is 20.2. The maximum atomic E-state index is 3.34. The summed E-state index contributed by atoms with van der Waals surface area (Å²) in [4.78, 5) is 0. The fraction of sp³-hybridized carbons (Fsp3) is 0.0476. The van der Waals surface area contributed by atoms with Crippen molar-refractivity contribution in [2.75, 3.05) is 0 Å². The molecule has 0 atom stereocenters. The Morgan fingerprint density at radius 2 is 0.804 bits per heavy atom. The molecule has 0 spiro atoms. The van der Waals surface area contributed by atoms with Gasteiger partial charge in [-0.2, -0.15) is 35.5 Å². The fourth-order valence-corrected chi connectivity index (χ4v) is 9.14. The predicted octanol–water partition coefficient (Wildman–Crippen LogP) is 3.32. The average molecular weight is 727 g/mol. The van der Waals surface area contributed by atoms with Gasteiger partial charge >= 0.3 is 99.8 Å². The zero-order valence-corrected chi connectivity index (χ0v) is 30.3. The van der Waals surface area contributed by atoms with Gasteiger partial charge in [0.25, 0.3) is 0 Å². The van der Waals surface area contributed by atoms with Crippen molar-refractivity contribution in [3.8, 4) is 0 Å². The van der Waals surface area contributed by atoms with Gasteiger partial charge < -0.3 is 24.8 Å². The molecule has 46 heavy (non-hydrogen) atoms. The van der Waals surface area contributed by atoms with Crippen molar-refractivity contribution in [1.82, 2.24) is 0 Å². The van der Waals surface area contributed by atoms with Gasteiger partial charge in [-0.3, -0.25) is 0 Å². The van der Waals surface area contributed by atoms with Crippen LogP contribution in [-0.4, -0.2) is 5.43 Å². The van der Waals surface area contributed by atoms with Crippen molar-refractivity contribution in [2.24, 2.45) is 0 Å². The Balaban J connectivity index is 0.000000153. The van der Waals surface area contributed by atoms with E-state index in [1.54, 1.807) is 23.3 Å². The first-order chi connectivity index (χ1) is 21.7. The number of fused-ring (bicyclic) bond motifs is 2. The summed E-state index contributed by atoms with van der Waals surface area (Å²) < 4.78 is 0. The predicted molar refractivity (Wildman–Crippen MR) is 187 cm³/mol. The molecular weight excluding hydrogens is 695 g/mol. The summed E-state index contributed by atoms with van der Waals surface area (Å²) in [5.74, 6) is 0. The van der Waals surface area contributed by atoms with E-state index in [0.717, 1.165) is 12.8 Å². The van der Waals surface area contributed by atoms with Crippen LogP contribution in [-0.2, 0) is 23.3 Å². The van der Waals surface area contributed by atoms with Crippen LogP contribution in [0.1, 0.15) is 24.0 Å². The molecule has 0 aliphatic heterocycles. The number of halogens is 2. The molecule has 0 saturated heterocycles. The molecule has 0 nitrogen and oxygen atoms in total. The number of allylic oxidation sites excluding steroid dienone is 8. The second kappa shape index (κ2) is 18.0. The molecule has 0 fully saturated rings. The van der Waals surface area contributed by atoms with E-state index < -0.39 is 5.43 Å². The zero-order valence-electron chi connectivity index (χ0n) is 25.3. The minimum absolute atomic E-state index is 0. The van der Waals surface area contributed by atoms with Crippen LogP contribution in [0.5, 0.6) is 0 Å². The molecule has 6 aromatic carbocycles. The fourth-order valence-electron chi connectivity index (χ4n) is 5.30. The SMILES string of the molecule is [C-]1=C(c2ccc3ccccc3c2)C=CC1.[C-]1=C(c2ccc3ccccc3c2)C=CC1.[Cl-].[Cl-].[Zr+2]=[Si](c1ccccc1)c1ccccc1. The second-order valence-corrected chi connectivity index (χ2v) is 16.2. The molecule has 0 amide bonds. The topological polar surface area (TPSA) is 0 Å². The number of hydrogen-bond acceptors (Lipinski definition) is 0. The van der Waals surface area contributed by atoms with Crippen molar-refractivity contribution in [3.05, 3.63) is 193 Å². The standard InChI is InChI=1S/2C15H11.C12H10Si.2ClH.Zr/c2*1-2-6-12(5-1)15-10-9-13-7-3-4-8-14(13)11-15;1-3-7-11(8-4-1)13-12-9-5-2-6-10-12;;;/h2*1,3-5,7-11H,2H2;1-10H;2*1H;/q2*-1;;;;+2/p-2. The molecule has 6 aromatic rings. The van der Waals surface area contributed by atoms with E-state index in [1.165, 1.54) is 54.2 Å². The van der Waals surface area contributed by atoms with Crippen molar-refractivity contribution in [2.45, 2.75) is 12.8 Å². The van der Waals surface area contributed by atoms with Crippen molar-refractivity contribution in [1.29, 1.82) is 0 Å². The van der Waals surface area contributed by atoms with Gasteiger partial charge in [0.05, 0.1) is 0 Å². The first kappa shape index (κ1) is 35.3. The number of hydrogen-bond donors (Lipinski definition) is 0. The van der Waals surface area contributed by atoms with Gasteiger partial charge in [-0.05, 0) is 21.5 Å². The van der Waals surface area contributed by atoms with Crippen molar-refractivity contribution in [3.63, 3.8) is 0 Å². The van der Waals surface area contributed by atoms with Gasteiger partial charge in [0.1, 0.15) is 0 Å². The van der Waals surface area contributed by atoms with Crippen molar-refractivity contribution >= 4 is 48.5 Å². The van der Waals surface area contributed by atoms with E-state index in [2.05, 4.69) is 182 Å². The first-order valence-electron chi connectivity index (χ1n) is 15.0. The molecule has 2 aliphatic rings. The van der Waals surface area contributed by atoms with E-state index >= 15 is 0 Å². The summed E-state index contributed by atoms with van der Waals surface area (Å²) in [6.45, 7) is 0. The molecule has 0 heterocycles. The third kappa shape index (κ3) is 9.27. The summed E-state index contributed by atoms with van der Waals surface area (Å²) in [5, 5.41) is 8.21. The van der Waals surface area contributed by atoms with Crippen LogP contribution in [0.2, 0.25) is 0 Å². The molecule has 0 bridgehead atoms. The van der Waals surface area contributed by atoms with Crippen LogP contribution < -0.4 is 35.2 Å². The van der Waals surface area contributed by atoms with Crippen LogP contribution in [0.25, 0.3) is 32.7 Å². The Labute approximate surface area is 300 Å². The molecule has 0 radical (unpaired) electrons. The van der Waals surface area contributed by atoms with Crippen molar-refractivity contribution < 1.29 is 48.1 Å². The Kier molecular flexibility index (Phi) is 13.8. The van der Waals surface area contributed by atoms with E-state index in [0.29, 0.717) is 0 Å². The van der Waals surface area contributed by atoms with E-state index in [1.807, 2.05) is 0 Å². The van der Waals surface area contributed by atoms with Crippen LogP contribution >= 0.6 is 0 Å². The molecule has 0 aromatic heterocycles. The molecule has 2 aliphatic carbocycles. The third-order valence-corrected chi connectivity index (χ3v) is 13.7. The summed E-state index contributed by atoms with van der Waals surface area (Å²) in [6.07, 6.45) is 17.2. The zero-order chi connectivity index (χ0) is 30.0. The van der Waals surface area contributed by atoms with Crippen LogP contribution in [0.4, 0.5) is 0 Å². The molecule has 0 N–H and O–H groups in total. The average Bonchev–Trinajstić information content (AvgIpc) is 3.85. The normalized spacial score (nSPS) is 12.5. The Morgan fingerprint density at radius 1 is 0.435 bits per heavy atom. The Morgan fingerprint density at radius 3 is 1.17 bits per heavy atom. The molecule has 0 saturated carbocycles. The van der Waals surface area contributed by atoms with Crippen LogP contribution in [0.15, 0.2) is 170 Å². The van der Waals surface area contributed by atoms with E-state index in [9.17, 15) is 0 Å². The monoisotopic (exact) mass is 724 g/mol. The quantitative estimate of drug-likeness (QED) is 0.194. The van der Waals surface area contributed by atoms with Gasteiger partial charge in [-0.1, -0.05) is 73.5 Å². The van der Waals surface area contributed by atoms with Crippen LogP contribution in [0, 0.1) is 12.2 Å². The summed E-state index contributed by atoms with van der Waals surface area (Å²) in [5.41, 5.74) is 4.52. The van der Waals surface area contributed by atoms with Gasteiger partial charge in [0.15, 0.2) is 0 Å². The number of rotatable bonds is 4. The van der Waals surface area contributed by atoms with Crippen LogP contribution in [0.3, 0.4) is 0 Å². The second-order valence-electron chi connectivity index (χ2n) is 10.6. The minimum atomic E-state index is -0.455. The molecule has 0 unspecified atom stereocenters. The molecule has 8 rings (SSSR count). The molecule has 224 valence electrons. The maximum absolute atomic E-state index is 3.34. The van der Waals surface area contributed by atoms with E-state index in [-0.39, 0.29) is 24.8 Å². The summed E-state index contributed by atoms with van der Waals surface area (Å²) in [6, 6.07) is 51.7. The molecular formula is C42H32Cl2SiZr-2. The number of benzene rings is 6. The molecule has 4 heteroatoms. The Hall–Kier alpha value is -3.52. The van der Waals surface area contributed by atoms with Gasteiger partial charge in [0, 0.05) is 0 Å². The van der Waals surface area contributed by atoms with Gasteiger partial charge in [0.2, 0.25) is 0 Å². The van der Waals surface area contributed by atoms with Gasteiger partial charge in [-0.15, -0.1) is 47.5 Å².